The minimum absolute atomic E-state index is 0.0591. The number of aliphatic hydroxyl groups excluding tert-OH is 1. The van der Waals surface area contributed by atoms with Crippen LogP contribution >= 0.6 is 0 Å². The lowest BCUT2D eigenvalue weighted by atomic mass is 9.96. The second-order valence-corrected chi connectivity index (χ2v) is 6.61. The average Bonchev–Trinajstić information content (AvgIpc) is 2.34. The molecule has 0 aliphatic carbocycles. The van der Waals surface area contributed by atoms with E-state index in [2.05, 4.69) is 10.2 Å². The first-order valence-electron chi connectivity index (χ1n) is 7.68. The SMILES string of the molecule is CC(NC(=O)OC(C)(C)C)C1CCCCN1CCCO. The first-order valence-corrected chi connectivity index (χ1v) is 7.68. The van der Waals surface area contributed by atoms with Crippen LogP contribution in [-0.2, 0) is 4.74 Å². The van der Waals surface area contributed by atoms with E-state index in [1.54, 1.807) is 0 Å². The van der Waals surface area contributed by atoms with Gasteiger partial charge in [0.2, 0.25) is 0 Å². The zero-order valence-electron chi connectivity index (χ0n) is 13.3. The van der Waals surface area contributed by atoms with Crippen LogP contribution in [0.2, 0.25) is 0 Å². The molecule has 2 unspecified atom stereocenters. The van der Waals surface area contributed by atoms with Crippen molar-refractivity contribution in [3.8, 4) is 0 Å². The standard InChI is InChI=1S/C15H30N2O3/c1-12(16-14(19)20-15(2,3)4)13-8-5-6-9-17(13)10-7-11-18/h12-13,18H,5-11H2,1-4H3,(H,16,19). The second-order valence-electron chi connectivity index (χ2n) is 6.61. The van der Waals surface area contributed by atoms with Crippen molar-refractivity contribution in [2.45, 2.75) is 71.1 Å². The number of hydrogen-bond donors (Lipinski definition) is 2. The van der Waals surface area contributed by atoms with E-state index >= 15 is 0 Å². The Bertz CT molecular complexity index is 302. The minimum Gasteiger partial charge on any atom is -0.444 e. The van der Waals surface area contributed by atoms with Gasteiger partial charge in [0.1, 0.15) is 5.60 Å². The third-order valence-corrected chi connectivity index (χ3v) is 3.59. The number of nitrogens with one attached hydrogen (secondary N) is 1. The monoisotopic (exact) mass is 286 g/mol. The lowest BCUT2D eigenvalue weighted by Gasteiger charge is -2.39. The van der Waals surface area contributed by atoms with Gasteiger partial charge in [0.15, 0.2) is 0 Å². The summed E-state index contributed by atoms with van der Waals surface area (Å²) in [6, 6.07) is 0.395. The van der Waals surface area contributed by atoms with Gasteiger partial charge in [-0.05, 0) is 53.5 Å². The number of rotatable bonds is 5. The number of carbonyl (C=O) groups excluding carboxylic acids is 1. The second kappa shape index (κ2) is 7.84. The third kappa shape index (κ3) is 6.09. The van der Waals surface area contributed by atoms with Gasteiger partial charge in [-0.15, -0.1) is 0 Å². The number of piperidine rings is 1. The summed E-state index contributed by atoms with van der Waals surface area (Å²) in [6.07, 6.45) is 3.91. The highest BCUT2D eigenvalue weighted by atomic mass is 16.6. The zero-order valence-corrected chi connectivity index (χ0v) is 13.3. The van der Waals surface area contributed by atoms with Gasteiger partial charge >= 0.3 is 6.09 Å². The highest BCUT2D eigenvalue weighted by molar-refractivity contribution is 5.68. The van der Waals surface area contributed by atoms with Crippen LogP contribution in [0.3, 0.4) is 0 Å². The Morgan fingerprint density at radius 1 is 1.45 bits per heavy atom. The summed E-state index contributed by atoms with van der Waals surface area (Å²) in [5.74, 6) is 0. The van der Waals surface area contributed by atoms with Crippen molar-refractivity contribution in [1.82, 2.24) is 10.2 Å². The van der Waals surface area contributed by atoms with E-state index < -0.39 is 5.60 Å². The molecular formula is C15H30N2O3. The number of carbonyl (C=O) groups is 1. The Hall–Kier alpha value is -0.810. The third-order valence-electron chi connectivity index (χ3n) is 3.59. The van der Waals surface area contributed by atoms with Crippen molar-refractivity contribution in [2.24, 2.45) is 0 Å². The molecule has 118 valence electrons. The lowest BCUT2D eigenvalue weighted by molar-refractivity contribution is 0.0437. The summed E-state index contributed by atoms with van der Waals surface area (Å²) >= 11 is 0. The van der Waals surface area contributed by atoms with Gasteiger partial charge in [0, 0.05) is 25.2 Å². The molecule has 5 heteroatoms. The molecule has 0 spiro atoms. The maximum absolute atomic E-state index is 11.8. The molecule has 1 rings (SSSR count). The molecule has 1 aliphatic heterocycles. The number of amides is 1. The average molecular weight is 286 g/mol. The summed E-state index contributed by atoms with van der Waals surface area (Å²) in [6.45, 7) is 9.79. The van der Waals surface area contributed by atoms with Gasteiger partial charge in [-0.1, -0.05) is 6.42 Å². The Morgan fingerprint density at radius 2 is 2.15 bits per heavy atom. The molecule has 0 aromatic carbocycles. The van der Waals surface area contributed by atoms with Gasteiger partial charge in [-0.3, -0.25) is 4.90 Å². The molecular weight excluding hydrogens is 256 g/mol. The molecule has 2 N–H and O–H groups in total. The summed E-state index contributed by atoms with van der Waals surface area (Å²) < 4.78 is 5.31. The smallest absolute Gasteiger partial charge is 0.407 e. The number of aliphatic hydroxyl groups is 1. The maximum atomic E-state index is 11.8. The van der Waals surface area contributed by atoms with Gasteiger partial charge in [0.25, 0.3) is 0 Å². The fourth-order valence-electron chi connectivity index (χ4n) is 2.72. The quantitative estimate of drug-likeness (QED) is 0.813. The summed E-state index contributed by atoms with van der Waals surface area (Å²) in [5, 5.41) is 11.9. The van der Waals surface area contributed by atoms with Crippen molar-refractivity contribution in [3.63, 3.8) is 0 Å². The number of nitrogens with zero attached hydrogens (tertiary/aromatic N) is 1. The van der Waals surface area contributed by atoms with Gasteiger partial charge < -0.3 is 15.2 Å². The highest BCUT2D eigenvalue weighted by Crippen LogP contribution is 2.20. The summed E-state index contributed by atoms with van der Waals surface area (Å²) in [7, 11) is 0. The molecule has 0 aromatic rings. The maximum Gasteiger partial charge on any atom is 0.407 e. The fourth-order valence-corrected chi connectivity index (χ4v) is 2.72. The van der Waals surface area contributed by atoms with Crippen molar-refractivity contribution >= 4 is 6.09 Å². The molecule has 0 aromatic heterocycles. The van der Waals surface area contributed by atoms with Crippen LogP contribution < -0.4 is 5.32 Å². The number of alkyl carbamates (subject to hydrolysis) is 1. The Balaban J connectivity index is 2.50. The molecule has 5 nitrogen and oxygen atoms in total. The van der Waals surface area contributed by atoms with E-state index in [-0.39, 0.29) is 18.7 Å². The van der Waals surface area contributed by atoms with Gasteiger partial charge in [-0.2, -0.15) is 0 Å². The van der Waals surface area contributed by atoms with E-state index in [1.807, 2.05) is 27.7 Å². The highest BCUT2D eigenvalue weighted by Gasteiger charge is 2.29. The molecule has 1 heterocycles. The Morgan fingerprint density at radius 3 is 2.75 bits per heavy atom. The Labute approximate surface area is 122 Å². The first-order chi connectivity index (χ1) is 9.33. The molecule has 0 radical (unpaired) electrons. The number of hydrogen-bond acceptors (Lipinski definition) is 4. The van der Waals surface area contributed by atoms with Crippen molar-refractivity contribution in [1.29, 1.82) is 0 Å². The molecule has 0 saturated carbocycles. The predicted octanol–water partition coefficient (Wildman–Crippen LogP) is 2.14. The number of ether oxygens (including phenoxy) is 1. The summed E-state index contributed by atoms with van der Waals surface area (Å²) in [5.41, 5.74) is -0.465. The van der Waals surface area contributed by atoms with E-state index in [0.29, 0.717) is 6.04 Å². The van der Waals surface area contributed by atoms with Crippen LogP contribution in [0.1, 0.15) is 53.4 Å². The van der Waals surface area contributed by atoms with Crippen LogP contribution in [0.4, 0.5) is 4.79 Å². The summed E-state index contributed by atoms with van der Waals surface area (Å²) in [4.78, 5) is 14.2. The van der Waals surface area contributed by atoms with Crippen LogP contribution in [0.5, 0.6) is 0 Å². The molecule has 20 heavy (non-hydrogen) atoms. The molecule has 1 fully saturated rings. The molecule has 2 atom stereocenters. The van der Waals surface area contributed by atoms with E-state index in [4.69, 9.17) is 9.84 Å². The van der Waals surface area contributed by atoms with Crippen molar-refractivity contribution < 1.29 is 14.6 Å². The Kier molecular flexibility index (Phi) is 6.76. The van der Waals surface area contributed by atoms with Crippen LogP contribution in [0.25, 0.3) is 0 Å². The van der Waals surface area contributed by atoms with Crippen LogP contribution in [0.15, 0.2) is 0 Å². The van der Waals surface area contributed by atoms with E-state index in [1.165, 1.54) is 12.8 Å². The topological polar surface area (TPSA) is 61.8 Å². The fraction of sp³-hybridized carbons (Fsp3) is 0.933. The van der Waals surface area contributed by atoms with E-state index in [0.717, 1.165) is 25.9 Å². The molecule has 0 bridgehead atoms. The van der Waals surface area contributed by atoms with Crippen molar-refractivity contribution in [2.75, 3.05) is 19.7 Å². The van der Waals surface area contributed by atoms with E-state index in [9.17, 15) is 4.79 Å². The first kappa shape index (κ1) is 17.2. The molecule has 1 saturated heterocycles. The van der Waals surface area contributed by atoms with Gasteiger partial charge in [-0.25, -0.2) is 4.79 Å². The predicted molar refractivity (Wildman–Crippen MR) is 79.7 cm³/mol. The van der Waals surface area contributed by atoms with Crippen LogP contribution in [-0.4, -0.2) is 53.5 Å². The van der Waals surface area contributed by atoms with Crippen LogP contribution in [0, 0.1) is 0 Å². The minimum atomic E-state index is -0.465. The zero-order chi connectivity index (χ0) is 15.2. The molecule has 1 amide bonds. The van der Waals surface area contributed by atoms with Crippen molar-refractivity contribution in [3.05, 3.63) is 0 Å². The normalized spacial score (nSPS) is 22.4. The largest absolute Gasteiger partial charge is 0.444 e. The lowest BCUT2D eigenvalue weighted by Crippen LogP contribution is -2.53. The molecule has 1 aliphatic rings. The van der Waals surface area contributed by atoms with Gasteiger partial charge in [0.05, 0.1) is 0 Å². The number of likely N-dealkylation sites (tertiary alicyclic amines) is 1.